The molecule has 0 N–H and O–H groups in total. The summed E-state index contributed by atoms with van der Waals surface area (Å²) >= 11 is 0. The van der Waals surface area contributed by atoms with Crippen LogP contribution < -0.4 is 4.90 Å². The van der Waals surface area contributed by atoms with E-state index in [0.717, 1.165) is 50.3 Å². The van der Waals surface area contributed by atoms with Gasteiger partial charge in [-0.25, -0.2) is 9.78 Å². The number of carbonyl (C=O) groups excluding carboxylic acids is 1. The van der Waals surface area contributed by atoms with Crippen molar-refractivity contribution in [1.82, 2.24) is 9.88 Å². The highest BCUT2D eigenvalue weighted by Gasteiger charge is 2.32. The van der Waals surface area contributed by atoms with Crippen molar-refractivity contribution in [1.29, 1.82) is 0 Å². The van der Waals surface area contributed by atoms with Gasteiger partial charge in [0.1, 0.15) is 11.4 Å². The van der Waals surface area contributed by atoms with Gasteiger partial charge < -0.3 is 14.5 Å². The number of amides is 1. The Morgan fingerprint density at radius 3 is 2.48 bits per heavy atom. The van der Waals surface area contributed by atoms with Crippen LogP contribution in [0.4, 0.5) is 10.6 Å². The van der Waals surface area contributed by atoms with Gasteiger partial charge in [-0.15, -0.1) is 0 Å². The zero-order valence-electron chi connectivity index (χ0n) is 16.0. The molecule has 1 amide bonds. The van der Waals surface area contributed by atoms with E-state index in [1.165, 1.54) is 18.4 Å². The van der Waals surface area contributed by atoms with Gasteiger partial charge in [-0.3, -0.25) is 0 Å². The molecule has 0 spiro atoms. The number of hydrogen-bond acceptors (Lipinski definition) is 4. The minimum atomic E-state index is -0.466. The van der Waals surface area contributed by atoms with Crippen LogP contribution in [0.25, 0.3) is 0 Å². The van der Waals surface area contributed by atoms with E-state index < -0.39 is 5.60 Å². The summed E-state index contributed by atoms with van der Waals surface area (Å²) in [5, 5.41) is 0. The number of rotatable bonds is 2. The third-order valence-electron chi connectivity index (χ3n) is 5.06. The maximum absolute atomic E-state index is 12.7. The lowest BCUT2D eigenvalue weighted by atomic mass is 9.94. The molecule has 2 aliphatic heterocycles. The molecule has 1 aromatic heterocycles. The number of piperidine rings is 1. The summed E-state index contributed by atoms with van der Waals surface area (Å²) in [6.07, 6.45) is 7.42. The highest BCUT2D eigenvalue weighted by molar-refractivity contribution is 5.69. The highest BCUT2D eigenvalue weighted by Crippen LogP contribution is 2.34. The lowest BCUT2D eigenvalue weighted by Crippen LogP contribution is -2.42. The van der Waals surface area contributed by atoms with Crippen LogP contribution in [-0.2, 0) is 4.74 Å². The molecule has 25 heavy (non-hydrogen) atoms. The van der Waals surface area contributed by atoms with Crippen LogP contribution in [0.15, 0.2) is 12.3 Å². The fourth-order valence-corrected chi connectivity index (χ4v) is 3.81. The van der Waals surface area contributed by atoms with Gasteiger partial charge in [0.15, 0.2) is 0 Å². The SMILES string of the molecule is Cc1cc(N2CCCC2)ncc1[C@H]1CCCCN1C(=O)OC(C)(C)C. The average molecular weight is 345 g/mol. The van der Waals surface area contributed by atoms with Crippen molar-refractivity contribution in [3.05, 3.63) is 23.4 Å². The zero-order chi connectivity index (χ0) is 18.0. The maximum Gasteiger partial charge on any atom is 0.410 e. The first kappa shape index (κ1) is 18.0. The van der Waals surface area contributed by atoms with Gasteiger partial charge in [0, 0.05) is 25.8 Å². The topological polar surface area (TPSA) is 45.7 Å². The Hall–Kier alpha value is -1.78. The fourth-order valence-electron chi connectivity index (χ4n) is 3.81. The van der Waals surface area contributed by atoms with E-state index in [2.05, 4.69) is 17.9 Å². The van der Waals surface area contributed by atoms with Crippen LogP contribution >= 0.6 is 0 Å². The molecule has 3 rings (SSSR count). The summed E-state index contributed by atoms with van der Waals surface area (Å²) in [6, 6.07) is 2.26. The third kappa shape index (κ3) is 4.25. The minimum Gasteiger partial charge on any atom is -0.444 e. The molecular formula is C20H31N3O2. The Morgan fingerprint density at radius 2 is 1.84 bits per heavy atom. The number of nitrogens with zero attached hydrogens (tertiary/aromatic N) is 3. The first-order valence-electron chi connectivity index (χ1n) is 9.56. The van der Waals surface area contributed by atoms with Crippen LogP contribution in [-0.4, -0.2) is 41.2 Å². The Kier molecular flexibility index (Phi) is 5.21. The summed E-state index contributed by atoms with van der Waals surface area (Å²) in [4.78, 5) is 21.6. The van der Waals surface area contributed by atoms with Gasteiger partial charge in [0.25, 0.3) is 0 Å². The van der Waals surface area contributed by atoms with E-state index in [1.54, 1.807) is 0 Å². The molecule has 0 aliphatic carbocycles. The molecule has 0 unspecified atom stereocenters. The molecule has 1 atom stereocenters. The number of anilines is 1. The van der Waals surface area contributed by atoms with Gasteiger partial charge in [-0.2, -0.15) is 0 Å². The maximum atomic E-state index is 12.7. The van der Waals surface area contributed by atoms with Gasteiger partial charge >= 0.3 is 6.09 Å². The molecule has 0 bridgehead atoms. The number of likely N-dealkylation sites (tertiary alicyclic amines) is 1. The van der Waals surface area contributed by atoms with Gasteiger partial charge in [0.05, 0.1) is 6.04 Å². The van der Waals surface area contributed by atoms with Crippen molar-refractivity contribution in [2.75, 3.05) is 24.5 Å². The van der Waals surface area contributed by atoms with E-state index in [0.29, 0.717) is 0 Å². The van der Waals surface area contributed by atoms with E-state index in [1.807, 2.05) is 31.9 Å². The van der Waals surface area contributed by atoms with Crippen LogP contribution in [0.1, 0.15) is 70.0 Å². The predicted molar refractivity (Wildman–Crippen MR) is 100.0 cm³/mol. The highest BCUT2D eigenvalue weighted by atomic mass is 16.6. The monoisotopic (exact) mass is 345 g/mol. The Bertz CT molecular complexity index is 618. The van der Waals surface area contributed by atoms with E-state index in [9.17, 15) is 4.79 Å². The molecule has 0 aromatic carbocycles. The normalized spacial score (nSPS) is 21.5. The molecule has 3 heterocycles. The van der Waals surface area contributed by atoms with Crippen LogP contribution in [0.5, 0.6) is 0 Å². The Labute approximate surface area is 151 Å². The Balaban J connectivity index is 1.81. The fraction of sp³-hybridized carbons (Fsp3) is 0.700. The number of aryl methyl sites for hydroxylation is 1. The van der Waals surface area contributed by atoms with Crippen LogP contribution in [0.2, 0.25) is 0 Å². The lowest BCUT2D eigenvalue weighted by molar-refractivity contribution is 0.00942. The van der Waals surface area contributed by atoms with Crippen molar-refractivity contribution in [3.8, 4) is 0 Å². The largest absolute Gasteiger partial charge is 0.444 e. The van der Waals surface area contributed by atoms with E-state index in [-0.39, 0.29) is 12.1 Å². The first-order chi connectivity index (χ1) is 11.8. The molecule has 138 valence electrons. The molecule has 0 saturated carbocycles. The number of hydrogen-bond donors (Lipinski definition) is 0. The number of aromatic nitrogens is 1. The van der Waals surface area contributed by atoms with Crippen molar-refractivity contribution in [2.45, 2.75) is 71.4 Å². The van der Waals surface area contributed by atoms with Crippen LogP contribution in [0, 0.1) is 6.92 Å². The van der Waals surface area contributed by atoms with Gasteiger partial charge in [0.2, 0.25) is 0 Å². The zero-order valence-corrected chi connectivity index (χ0v) is 16.0. The Morgan fingerprint density at radius 1 is 1.16 bits per heavy atom. The molecule has 2 fully saturated rings. The summed E-state index contributed by atoms with van der Waals surface area (Å²) in [6.45, 7) is 10.8. The van der Waals surface area contributed by atoms with Crippen molar-refractivity contribution >= 4 is 11.9 Å². The molecular weight excluding hydrogens is 314 g/mol. The molecule has 0 radical (unpaired) electrons. The van der Waals surface area contributed by atoms with Crippen molar-refractivity contribution < 1.29 is 9.53 Å². The lowest BCUT2D eigenvalue weighted by Gasteiger charge is -2.37. The minimum absolute atomic E-state index is 0.0729. The standard InChI is InChI=1S/C20H31N3O2/c1-15-13-18(22-10-7-8-11-22)21-14-16(15)17-9-5-6-12-23(17)19(24)25-20(2,3)4/h13-14,17H,5-12H2,1-4H3/t17-/m1/s1. The molecule has 5 nitrogen and oxygen atoms in total. The van der Waals surface area contributed by atoms with Crippen LogP contribution in [0.3, 0.4) is 0 Å². The summed E-state index contributed by atoms with van der Waals surface area (Å²) < 4.78 is 5.63. The quantitative estimate of drug-likeness (QED) is 0.794. The van der Waals surface area contributed by atoms with E-state index >= 15 is 0 Å². The van der Waals surface area contributed by atoms with Crippen molar-refractivity contribution in [2.24, 2.45) is 0 Å². The van der Waals surface area contributed by atoms with E-state index in [4.69, 9.17) is 9.72 Å². The summed E-state index contributed by atoms with van der Waals surface area (Å²) in [5.41, 5.74) is 1.91. The second-order valence-electron chi connectivity index (χ2n) is 8.28. The molecule has 5 heteroatoms. The smallest absolute Gasteiger partial charge is 0.410 e. The van der Waals surface area contributed by atoms with Gasteiger partial charge in [-0.05, 0) is 77.0 Å². The number of ether oxygens (including phenoxy) is 1. The summed E-state index contributed by atoms with van der Waals surface area (Å²) in [5.74, 6) is 1.07. The van der Waals surface area contributed by atoms with Gasteiger partial charge in [-0.1, -0.05) is 0 Å². The molecule has 2 aliphatic rings. The second kappa shape index (κ2) is 7.22. The second-order valence-corrected chi connectivity index (χ2v) is 8.28. The average Bonchev–Trinajstić information content (AvgIpc) is 3.07. The van der Waals surface area contributed by atoms with Crippen molar-refractivity contribution in [3.63, 3.8) is 0 Å². The molecule has 1 aromatic rings. The molecule has 2 saturated heterocycles. The summed E-state index contributed by atoms with van der Waals surface area (Å²) in [7, 11) is 0. The third-order valence-corrected chi connectivity index (χ3v) is 5.06. The number of pyridine rings is 1. The number of carbonyl (C=O) groups is 1. The first-order valence-corrected chi connectivity index (χ1v) is 9.56. The predicted octanol–water partition coefficient (Wildman–Crippen LogP) is 4.45.